The van der Waals surface area contributed by atoms with E-state index in [9.17, 15) is 14.7 Å². The van der Waals surface area contributed by atoms with Crippen LogP contribution in [0, 0.1) is 0 Å². The fourth-order valence-corrected chi connectivity index (χ4v) is 2.65. The number of anilines is 1. The van der Waals surface area contributed by atoms with Gasteiger partial charge in [-0.05, 0) is 19.2 Å². The second-order valence-corrected chi connectivity index (χ2v) is 5.47. The normalized spacial score (nSPS) is 18.2. The monoisotopic (exact) mass is 316 g/mol. The first kappa shape index (κ1) is 15.2. The Morgan fingerprint density at radius 2 is 2.09 bits per heavy atom. The summed E-state index contributed by atoms with van der Waals surface area (Å²) in [5.41, 5.74) is 0.879. The quantitative estimate of drug-likeness (QED) is 0.549. The van der Waals surface area contributed by atoms with Crippen molar-refractivity contribution in [1.82, 2.24) is 10.2 Å². The van der Waals surface area contributed by atoms with Crippen LogP contribution in [0.15, 0.2) is 34.9 Å². The van der Waals surface area contributed by atoms with Gasteiger partial charge in [0.1, 0.15) is 0 Å². The van der Waals surface area contributed by atoms with Crippen molar-refractivity contribution in [3.05, 3.63) is 36.0 Å². The van der Waals surface area contributed by atoms with E-state index < -0.39 is 12.0 Å². The van der Waals surface area contributed by atoms with E-state index in [1.54, 1.807) is 43.3 Å². The molecule has 2 amide bonds. The summed E-state index contributed by atoms with van der Waals surface area (Å²) in [5.74, 6) is -1.10. The molecule has 120 valence electrons. The molecule has 0 saturated carbocycles. The van der Waals surface area contributed by atoms with Gasteiger partial charge in [-0.25, -0.2) is 4.90 Å². The molecule has 1 fully saturated rings. The van der Waals surface area contributed by atoms with E-state index in [0.29, 0.717) is 11.4 Å². The lowest BCUT2D eigenvalue weighted by atomic mass is 10.2. The zero-order valence-corrected chi connectivity index (χ0v) is 12.8. The first-order valence-electron chi connectivity index (χ1n) is 7.13. The van der Waals surface area contributed by atoms with Crippen molar-refractivity contribution >= 4 is 17.5 Å². The van der Waals surface area contributed by atoms with Crippen molar-refractivity contribution in [2.75, 3.05) is 11.9 Å². The third-order valence-electron chi connectivity index (χ3n) is 3.94. The number of nitrogens with zero attached hydrogens (tertiary/aromatic N) is 4. The number of hydrogen-bond donors (Lipinski definition) is 0. The van der Waals surface area contributed by atoms with Gasteiger partial charge in [-0.1, -0.05) is 22.9 Å². The molecule has 0 bridgehead atoms. The molecule has 2 aromatic rings. The van der Waals surface area contributed by atoms with Crippen LogP contribution >= 0.6 is 0 Å². The maximum Gasteiger partial charge on any atom is 0.251 e. The summed E-state index contributed by atoms with van der Waals surface area (Å²) in [6.07, 6.45) is 0.0768. The Morgan fingerprint density at radius 3 is 2.70 bits per heavy atom. The first-order chi connectivity index (χ1) is 11.0. The number of benzene rings is 1. The van der Waals surface area contributed by atoms with Gasteiger partial charge in [0.15, 0.2) is 13.0 Å². The van der Waals surface area contributed by atoms with Crippen molar-refractivity contribution in [3.63, 3.8) is 0 Å². The maximum atomic E-state index is 12.6. The zero-order valence-electron chi connectivity index (χ0n) is 12.8. The minimum atomic E-state index is -0.614. The standard InChI is InChI=1S/C15H16N4O4/c1-17(9-12-15(22)23-16-18(12)2)11-8-13(20)19(14(11)21)10-6-4-3-5-7-10/h3-7,11H,8-9H2,1-2H3. The topological polar surface area (TPSA) is 93.6 Å². The van der Waals surface area contributed by atoms with E-state index in [-0.39, 0.29) is 24.8 Å². The Hall–Kier alpha value is -2.74. The van der Waals surface area contributed by atoms with Crippen LogP contribution in [0.1, 0.15) is 12.1 Å². The molecule has 3 rings (SSSR count). The van der Waals surface area contributed by atoms with Crippen LogP contribution in [-0.2, 0) is 23.2 Å². The van der Waals surface area contributed by atoms with Gasteiger partial charge in [-0.3, -0.25) is 14.5 Å². The predicted octanol–water partition coefficient (Wildman–Crippen LogP) is -0.663. The van der Waals surface area contributed by atoms with E-state index in [2.05, 4.69) is 9.79 Å². The van der Waals surface area contributed by atoms with Crippen LogP contribution in [0.4, 0.5) is 5.69 Å². The minimum Gasteiger partial charge on any atom is -0.539 e. The largest absolute Gasteiger partial charge is 0.539 e. The van der Waals surface area contributed by atoms with Crippen molar-refractivity contribution in [3.8, 4) is 5.95 Å². The molecule has 1 aromatic carbocycles. The lowest BCUT2D eigenvalue weighted by Crippen LogP contribution is -2.43. The van der Waals surface area contributed by atoms with E-state index in [4.69, 9.17) is 0 Å². The Balaban J connectivity index is 1.79. The fraction of sp³-hybridized carbons (Fsp3) is 0.333. The number of rotatable bonds is 4. The average Bonchev–Trinajstić information content (AvgIpc) is 3.01. The molecule has 1 saturated heterocycles. The number of aromatic nitrogens is 2. The van der Waals surface area contributed by atoms with Gasteiger partial charge < -0.3 is 9.63 Å². The highest BCUT2D eigenvalue weighted by atomic mass is 16.6. The molecule has 0 spiro atoms. The molecule has 23 heavy (non-hydrogen) atoms. The van der Waals surface area contributed by atoms with Gasteiger partial charge in [-0.15, -0.1) is 0 Å². The minimum absolute atomic E-state index is 0.0768. The Labute approximate surface area is 132 Å². The second-order valence-electron chi connectivity index (χ2n) is 5.47. The molecule has 0 aliphatic carbocycles. The van der Waals surface area contributed by atoms with E-state index in [1.165, 1.54) is 9.58 Å². The van der Waals surface area contributed by atoms with Crippen LogP contribution in [-0.4, -0.2) is 35.1 Å². The first-order valence-corrected chi connectivity index (χ1v) is 7.13. The smallest absolute Gasteiger partial charge is 0.251 e. The van der Waals surface area contributed by atoms with Crippen LogP contribution < -0.4 is 14.7 Å². The Kier molecular flexibility index (Phi) is 3.83. The Morgan fingerprint density at radius 1 is 1.39 bits per heavy atom. The molecule has 1 aliphatic heterocycles. The molecule has 8 nitrogen and oxygen atoms in total. The third kappa shape index (κ3) is 2.68. The fourth-order valence-electron chi connectivity index (χ4n) is 2.65. The van der Waals surface area contributed by atoms with Gasteiger partial charge >= 0.3 is 0 Å². The molecule has 1 aliphatic rings. The SMILES string of the molecule is CN(Cc1c([O-])on[n+]1C)C1CC(=O)N(c2ccccc2)C1=O. The van der Waals surface area contributed by atoms with Gasteiger partial charge in [-0.2, -0.15) is 0 Å². The van der Waals surface area contributed by atoms with Gasteiger partial charge in [0.05, 0.1) is 30.0 Å². The maximum absolute atomic E-state index is 12.6. The number of carbonyl (C=O) groups excluding carboxylic acids is 2. The number of carbonyl (C=O) groups is 2. The molecule has 1 atom stereocenters. The third-order valence-corrected chi connectivity index (χ3v) is 3.94. The summed E-state index contributed by atoms with van der Waals surface area (Å²) in [6, 6.07) is 8.18. The summed E-state index contributed by atoms with van der Waals surface area (Å²) in [4.78, 5) is 27.7. The summed E-state index contributed by atoms with van der Waals surface area (Å²) in [6.45, 7) is 0.172. The van der Waals surface area contributed by atoms with Crippen molar-refractivity contribution < 1.29 is 23.9 Å². The predicted molar refractivity (Wildman–Crippen MR) is 75.9 cm³/mol. The lowest BCUT2D eigenvalue weighted by Gasteiger charge is -2.21. The summed E-state index contributed by atoms with van der Waals surface area (Å²) in [7, 11) is 3.28. The average molecular weight is 316 g/mol. The lowest BCUT2D eigenvalue weighted by molar-refractivity contribution is -0.747. The van der Waals surface area contributed by atoms with E-state index in [1.807, 2.05) is 6.07 Å². The van der Waals surface area contributed by atoms with E-state index >= 15 is 0 Å². The molecule has 2 heterocycles. The van der Waals surface area contributed by atoms with Crippen molar-refractivity contribution in [1.29, 1.82) is 0 Å². The van der Waals surface area contributed by atoms with E-state index in [0.717, 1.165) is 0 Å². The summed E-state index contributed by atoms with van der Waals surface area (Å²) >= 11 is 0. The highest BCUT2D eigenvalue weighted by Gasteiger charge is 2.42. The molecule has 1 aromatic heterocycles. The van der Waals surface area contributed by atoms with Gasteiger partial charge in [0.2, 0.25) is 11.6 Å². The van der Waals surface area contributed by atoms with Crippen LogP contribution in [0.25, 0.3) is 0 Å². The molecule has 1 unspecified atom stereocenters. The number of hydrogen-bond acceptors (Lipinski definition) is 6. The van der Waals surface area contributed by atoms with Gasteiger partial charge in [0.25, 0.3) is 5.91 Å². The molecular weight excluding hydrogens is 300 g/mol. The molecule has 0 N–H and O–H groups in total. The number of amides is 2. The molecule has 0 radical (unpaired) electrons. The summed E-state index contributed by atoms with van der Waals surface area (Å²) in [5, 5.41) is 15.1. The van der Waals surface area contributed by atoms with Crippen molar-refractivity contribution in [2.45, 2.75) is 19.0 Å². The molecule has 8 heteroatoms. The van der Waals surface area contributed by atoms with Crippen molar-refractivity contribution in [2.24, 2.45) is 7.05 Å². The van der Waals surface area contributed by atoms with Gasteiger partial charge in [0, 0.05) is 0 Å². The highest BCUT2D eigenvalue weighted by molar-refractivity contribution is 6.22. The highest BCUT2D eigenvalue weighted by Crippen LogP contribution is 2.25. The summed E-state index contributed by atoms with van der Waals surface area (Å²) < 4.78 is 5.89. The Bertz CT molecular complexity index is 724. The number of imide groups is 1. The zero-order chi connectivity index (χ0) is 16.6. The van der Waals surface area contributed by atoms with Crippen LogP contribution in [0.5, 0.6) is 5.95 Å². The number of aryl methyl sites for hydroxylation is 1. The number of likely N-dealkylation sites (N-methyl/N-ethyl adjacent to an activating group) is 1. The number of para-hydroxylation sites is 1. The van der Waals surface area contributed by atoms with Crippen LogP contribution in [0.3, 0.4) is 0 Å². The second kappa shape index (κ2) is 5.81. The molecular formula is C15H16N4O4. The van der Waals surface area contributed by atoms with Crippen LogP contribution in [0.2, 0.25) is 0 Å².